The number of hydrogen-bond donors (Lipinski definition) is 2. The van der Waals surface area contributed by atoms with E-state index in [-0.39, 0.29) is 23.6 Å². The Morgan fingerprint density at radius 1 is 1.24 bits per heavy atom. The first-order valence-corrected chi connectivity index (χ1v) is 12.8. The van der Waals surface area contributed by atoms with Gasteiger partial charge in [-0.2, -0.15) is 0 Å². The number of likely N-dealkylation sites (tertiary alicyclic amines) is 1. The maximum Gasteiger partial charge on any atom is 0.409 e. The minimum atomic E-state index is -3.29. The highest BCUT2D eigenvalue weighted by Crippen LogP contribution is 2.24. The first-order chi connectivity index (χ1) is 15.7. The van der Waals surface area contributed by atoms with E-state index in [0.717, 1.165) is 10.9 Å². The van der Waals surface area contributed by atoms with Crippen LogP contribution in [0.25, 0.3) is 22.1 Å². The van der Waals surface area contributed by atoms with Crippen LogP contribution in [0, 0.1) is 0 Å². The molecule has 1 amide bonds. The van der Waals surface area contributed by atoms with Gasteiger partial charge in [0, 0.05) is 18.5 Å². The molecule has 1 aromatic carbocycles. The number of piperidine rings is 1. The standard InChI is InChI=1S/C22H28N4O6S/c1-3-31-22(28)26-9-6-17(7-10-26)33(29,30)11-8-14(2)32-16-4-5-18-15(12-16)13-19-20(23-18)25-21(27)24-19/h4-5,12-14,17H,3,6-11H2,1-2H3,(H2,23,24,25,27). The van der Waals surface area contributed by atoms with Crippen LogP contribution in [0.5, 0.6) is 5.75 Å². The number of aromatic nitrogens is 3. The third kappa shape index (κ3) is 5.29. The fraction of sp³-hybridized carbons (Fsp3) is 0.500. The number of hydrogen-bond acceptors (Lipinski definition) is 7. The largest absolute Gasteiger partial charge is 0.491 e. The van der Waals surface area contributed by atoms with Crippen LogP contribution < -0.4 is 10.4 Å². The van der Waals surface area contributed by atoms with Crippen molar-refractivity contribution in [3.8, 4) is 5.75 Å². The van der Waals surface area contributed by atoms with Crippen molar-refractivity contribution in [2.75, 3.05) is 25.4 Å². The molecule has 0 bridgehead atoms. The lowest BCUT2D eigenvalue weighted by Crippen LogP contribution is -2.43. The van der Waals surface area contributed by atoms with E-state index in [4.69, 9.17) is 9.47 Å². The maximum absolute atomic E-state index is 12.8. The molecule has 1 aliphatic rings. The molecule has 1 fully saturated rings. The van der Waals surface area contributed by atoms with Gasteiger partial charge in [-0.15, -0.1) is 0 Å². The van der Waals surface area contributed by atoms with Crippen molar-refractivity contribution in [2.24, 2.45) is 0 Å². The van der Waals surface area contributed by atoms with Gasteiger partial charge in [0.2, 0.25) is 0 Å². The lowest BCUT2D eigenvalue weighted by Gasteiger charge is -2.31. The van der Waals surface area contributed by atoms with Gasteiger partial charge in [0.25, 0.3) is 0 Å². The second-order valence-electron chi connectivity index (χ2n) is 8.29. The predicted octanol–water partition coefficient (Wildman–Crippen LogP) is 2.60. The Morgan fingerprint density at radius 3 is 2.73 bits per heavy atom. The average molecular weight is 477 g/mol. The van der Waals surface area contributed by atoms with Crippen LogP contribution in [0.15, 0.2) is 29.1 Å². The number of H-pyrrole nitrogens is 2. The second-order valence-corrected chi connectivity index (χ2v) is 10.7. The van der Waals surface area contributed by atoms with E-state index in [1.165, 1.54) is 0 Å². The molecule has 0 aliphatic carbocycles. The fourth-order valence-corrected chi connectivity index (χ4v) is 6.00. The first kappa shape index (κ1) is 23.1. The number of nitrogens with one attached hydrogen (secondary N) is 2. The van der Waals surface area contributed by atoms with Crippen molar-refractivity contribution in [3.63, 3.8) is 0 Å². The Labute approximate surface area is 191 Å². The van der Waals surface area contributed by atoms with E-state index in [1.807, 2.05) is 19.1 Å². The average Bonchev–Trinajstić information content (AvgIpc) is 3.15. The van der Waals surface area contributed by atoms with Crippen molar-refractivity contribution >= 4 is 38.0 Å². The van der Waals surface area contributed by atoms with E-state index in [0.29, 0.717) is 55.9 Å². The summed E-state index contributed by atoms with van der Waals surface area (Å²) in [6.45, 7) is 4.67. The molecule has 178 valence electrons. The molecule has 10 nitrogen and oxygen atoms in total. The molecule has 2 N–H and O–H groups in total. The Morgan fingerprint density at radius 2 is 2.00 bits per heavy atom. The van der Waals surface area contributed by atoms with E-state index >= 15 is 0 Å². The molecule has 11 heteroatoms. The van der Waals surface area contributed by atoms with E-state index in [9.17, 15) is 18.0 Å². The molecule has 0 saturated carbocycles. The van der Waals surface area contributed by atoms with E-state index in [2.05, 4.69) is 15.0 Å². The topological polar surface area (TPSA) is 134 Å². The molecule has 1 unspecified atom stereocenters. The van der Waals surface area contributed by atoms with Crippen LogP contribution in [0.3, 0.4) is 0 Å². The number of sulfone groups is 1. The van der Waals surface area contributed by atoms with Gasteiger partial charge < -0.3 is 19.4 Å². The minimum Gasteiger partial charge on any atom is -0.491 e. The number of imidazole rings is 1. The second kappa shape index (κ2) is 9.42. The van der Waals surface area contributed by atoms with Gasteiger partial charge in [-0.05, 0) is 57.4 Å². The van der Waals surface area contributed by atoms with Crippen LogP contribution in [-0.4, -0.2) is 71.2 Å². The summed E-state index contributed by atoms with van der Waals surface area (Å²) in [7, 11) is -3.29. The number of aromatic amines is 2. The highest BCUT2D eigenvalue weighted by Gasteiger charge is 2.32. The highest BCUT2D eigenvalue weighted by molar-refractivity contribution is 7.92. The SMILES string of the molecule is CCOC(=O)N1CCC(S(=O)(=O)CCC(C)Oc2ccc3nc4[nH]c(=O)[nH]c4cc3c2)CC1. The number of carbonyl (C=O) groups is 1. The van der Waals surface area contributed by atoms with Gasteiger partial charge in [-0.1, -0.05) is 0 Å². The molecule has 1 aliphatic heterocycles. The van der Waals surface area contributed by atoms with E-state index in [1.54, 1.807) is 24.0 Å². The van der Waals surface area contributed by atoms with Gasteiger partial charge in [-0.3, -0.25) is 4.98 Å². The van der Waals surface area contributed by atoms with Crippen molar-refractivity contribution < 1.29 is 22.7 Å². The summed E-state index contributed by atoms with van der Waals surface area (Å²) < 4.78 is 36.6. The molecule has 2 aromatic heterocycles. The maximum atomic E-state index is 12.8. The lowest BCUT2D eigenvalue weighted by atomic mass is 10.1. The zero-order valence-electron chi connectivity index (χ0n) is 18.7. The fourth-order valence-electron chi connectivity index (χ4n) is 4.08. The molecule has 3 heterocycles. The zero-order chi connectivity index (χ0) is 23.6. The summed E-state index contributed by atoms with van der Waals surface area (Å²) in [5, 5.41) is 0.358. The minimum absolute atomic E-state index is 0.0264. The molecule has 1 atom stereocenters. The van der Waals surface area contributed by atoms with Crippen LogP contribution >= 0.6 is 0 Å². The Balaban J connectivity index is 1.33. The summed E-state index contributed by atoms with van der Waals surface area (Å²) in [4.78, 5) is 34.6. The molecule has 1 saturated heterocycles. The summed E-state index contributed by atoms with van der Waals surface area (Å²) >= 11 is 0. The van der Waals surface area contributed by atoms with Crippen LogP contribution in [0.4, 0.5) is 4.79 Å². The van der Waals surface area contributed by atoms with E-state index < -0.39 is 15.1 Å². The summed E-state index contributed by atoms with van der Waals surface area (Å²) in [5.74, 6) is 0.632. The molecule has 3 aromatic rings. The molecule has 33 heavy (non-hydrogen) atoms. The number of benzene rings is 1. The quantitative estimate of drug-likeness (QED) is 0.535. The summed E-state index contributed by atoms with van der Waals surface area (Å²) in [6.07, 6.45) is 0.513. The van der Waals surface area contributed by atoms with Crippen LogP contribution in [0.2, 0.25) is 0 Å². The molecule has 0 radical (unpaired) electrons. The smallest absolute Gasteiger partial charge is 0.409 e. The number of fused-ring (bicyclic) bond motifs is 2. The van der Waals surface area contributed by atoms with Crippen molar-refractivity contribution in [3.05, 3.63) is 34.7 Å². The third-order valence-electron chi connectivity index (χ3n) is 5.89. The van der Waals surface area contributed by atoms with Gasteiger partial charge in [-0.25, -0.2) is 23.0 Å². The van der Waals surface area contributed by atoms with Crippen LogP contribution in [0.1, 0.15) is 33.1 Å². The molecular weight excluding hydrogens is 448 g/mol. The normalized spacial score (nSPS) is 16.2. The first-order valence-electron chi connectivity index (χ1n) is 11.1. The highest BCUT2D eigenvalue weighted by atomic mass is 32.2. The van der Waals surface area contributed by atoms with Crippen molar-refractivity contribution in [1.29, 1.82) is 0 Å². The number of amides is 1. The predicted molar refractivity (Wildman–Crippen MR) is 124 cm³/mol. The van der Waals surface area contributed by atoms with Crippen LogP contribution in [-0.2, 0) is 14.6 Å². The van der Waals surface area contributed by atoms with Crippen molar-refractivity contribution in [1.82, 2.24) is 19.9 Å². The molecule has 0 spiro atoms. The van der Waals surface area contributed by atoms with Gasteiger partial charge in [0.05, 0.1) is 34.7 Å². The van der Waals surface area contributed by atoms with Gasteiger partial charge >= 0.3 is 11.8 Å². The third-order valence-corrected chi connectivity index (χ3v) is 8.18. The van der Waals surface area contributed by atoms with Crippen molar-refractivity contribution in [2.45, 2.75) is 44.5 Å². The number of rotatable bonds is 7. The Kier molecular flexibility index (Phi) is 6.59. The Bertz CT molecular complexity index is 1310. The monoisotopic (exact) mass is 476 g/mol. The molecular formula is C22H28N4O6S. The summed E-state index contributed by atoms with van der Waals surface area (Å²) in [5.41, 5.74) is 1.51. The lowest BCUT2D eigenvalue weighted by molar-refractivity contribution is 0.100. The Hall–Kier alpha value is -3.08. The number of carbonyl (C=O) groups excluding carboxylic acids is 1. The van der Waals surface area contributed by atoms with Gasteiger partial charge in [0.15, 0.2) is 15.5 Å². The molecule has 4 rings (SSSR count). The van der Waals surface area contributed by atoms with Gasteiger partial charge in [0.1, 0.15) is 5.75 Å². The number of ether oxygens (including phenoxy) is 2. The zero-order valence-corrected chi connectivity index (χ0v) is 19.5. The number of pyridine rings is 1. The number of nitrogens with zero attached hydrogens (tertiary/aromatic N) is 2. The summed E-state index contributed by atoms with van der Waals surface area (Å²) in [6, 6.07) is 7.22.